The summed E-state index contributed by atoms with van der Waals surface area (Å²) < 4.78 is 0. The Balaban J connectivity index is 2.01. The third-order valence-electron chi connectivity index (χ3n) is 4.01. The second-order valence-corrected chi connectivity index (χ2v) is 6.33. The molecule has 3 nitrogen and oxygen atoms in total. The Hall–Kier alpha value is -1.94. The second-order valence-electron chi connectivity index (χ2n) is 5.05. The minimum absolute atomic E-state index is 0.0916. The van der Waals surface area contributed by atoms with Gasteiger partial charge in [0, 0.05) is 23.4 Å². The Kier molecular flexibility index (Phi) is 2.39. The molecule has 1 fully saturated rings. The van der Waals surface area contributed by atoms with E-state index < -0.39 is 4.87 Å². The highest BCUT2D eigenvalue weighted by Gasteiger charge is 2.54. The molecular weight excluding hydrogens is 270 g/mol. The zero-order valence-corrected chi connectivity index (χ0v) is 11.6. The lowest BCUT2D eigenvalue weighted by atomic mass is 9.97. The van der Waals surface area contributed by atoms with Gasteiger partial charge in [-0.1, -0.05) is 30.3 Å². The molecule has 0 aliphatic carbocycles. The highest BCUT2D eigenvalue weighted by molar-refractivity contribution is 8.00. The van der Waals surface area contributed by atoms with E-state index in [1.54, 1.807) is 23.9 Å². The van der Waals surface area contributed by atoms with Gasteiger partial charge in [0.2, 0.25) is 0 Å². The number of amides is 1. The number of fused-ring (bicyclic) bond motifs is 3. The van der Waals surface area contributed by atoms with E-state index in [4.69, 9.17) is 0 Å². The summed E-state index contributed by atoms with van der Waals surface area (Å²) in [6.07, 6.45) is 0. The van der Waals surface area contributed by atoms with Crippen LogP contribution >= 0.6 is 11.8 Å². The Morgan fingerprint density at radius 2 is 2.00 bits per heavy atom. The van der Waals surface area contributed by atoms with Gasteiger partial charge in [0.15, 0.2) is 0 Å². The van der Waals surface area contributed by atoms with Crippen molar-refractivity contribution in [2.45, 2.75) is 4.87 Å². The molecule has 0 spiro atoms. The van der Waals surface area contributed by atoms with Crippen molar-refractivity contribution in [2.75, 3.05) is 12.3 Å². The minimum atomic E-state index is -0.466. The smallest absolute Gasteiger partial charge is 0.255 e. The molecule has 4 rings (SSSR count). The fraction of sp³-hybridized carbons (Fsp3) is 0.188. The van der Waals surface area contributed by atoms with Crippen molar-refractivity contribution in [3.05, 3.63) is 65.2 Å². The molecule has 4 heteroatoms. The molecule has 1 saturated heterocycles. The molecule has 0 saturated carbocycles. The fourth-order valence-electron chi connectivity index (χ4n) is 3.21. The third-order valence-corrected chi connectivity index (χ3v) is 5.49. The summed E-state index contributed by atoms with van der Waals surface area (Å²) in [5, 5.41) is 9.79. The van der Waals surface area contributed by atoms with Gasteiger partial charge in [-0.25, -0.2) is 0 Å². The lowest BCUT2D eigenvalue weighted by Crippen LogP contribution is -2.37. The van der Waals surface area contributed by atoms with Gasteiger partial charge in [0.05, 0.1) is 0 Å². The average Bonchev–Trinajstić information content (AvgIpc) is 3.00. The first-order valence-electron chi connectivity index (χ1n) is 6.58. The predicted molar refractivity (Wildman–Crippen MR) is 78.8 cm³/mol. The summed E-state index contributed by atoms with van der Waals surface area (Å²) in [6.45, 7) is 0.744. The Morgan fingerprint density at radius 1 is 1.15 bits per heavy atom. The van der Waals surface area contributed by atoms with Crippen molar-refractivity contribution in [1.82, 2.24) is 4.90 Å². The van der Waals surface area contributed by atoms with E-state index in [0.717, 1.165) is 29.0 Å². The SMILES string of the molecule is O=C1c2ccccc2[C@]2(c3cccc(O)c3)SCCN12. The maximum Gasteiger partial charge on any atom is 0.255 e. The summed E-state index contributed by atoms with van der Waals surface area (Å²) in [4.78, 5) is 14.1. The minimum Gasteiger partial charge on any atom is -0.508 e. The summed E-state index contributed by atoms with van der Waals surface area (Å²) in [7, 11) is 0. The van der Waals surface area contributed by atoms with E-state index in [0.29, 0.717) is 0 Å². The number of hydrogen-bond donors (Lipinski definition) is 1. The molecule has 1 atom stereocenters. The zero-order chi connectivity index (χ0) is 13.7. The lowest BCUT2D eigenvalue weighted by molar-refractivity contribution is 0.0752. The molecule has 0 bridgehead atoms. The van der Waals surface area contributed by atoms with Crippen LogP contribution in [-0.4, -0.2) is 28.2 Å². The number of thioether (sulfide) groups is 1. The first-order valence-corrected chi connectivity index (χ1v) is 7.57. The maximum atomic E-state index is 12.6. The van der Waals surface area contributed by atoms with Gasteiger partial charge in [-0.2, -0.15) is 0 Å². The van der Waals surface area contributed by atoms with Crippen molar-refractivity contribution in [1.29, 1.82) is 0 Å². The van der Waals surface area contributed by atoms with Gasteiger partial charge in [0.1, 0.15) is 10.6 Å². The molecule has 1 amide bonds. The molecule has 2 aromatic rings. The van der Waals surface area contributed by atoms with Crippen LogP contribution in [0.5, 0.6) is 5.75 Å². The van der Waals surface area contributed by atoms with Crippen LogP contribution in [0.2, 0.25) is 0 Å². The number of aromatic hydroxyl groups is 1. The number of phenols is 1. The van der Waals surface area contributed by atoms with Gasteiger partial charge in [0.25, 0.3) is 5.91 Å². The summed E-state index contributed by atoms with van der Waals surface area (Å²) in [5.74, 6) is 1.24. The van der Waals surface area contributed by atoms with Gasteiger partial charge in [-0.15, -0.1) is 11.8 Å². The van der Waals surface area contributed by atoms with Crippen LogP contribution < -0.4 is 0 Å². The first kappa shape index (κ1) is 11.9. The van der Waals surface area contributed by atoms with Crippen LogP contribution in [0.1, 0.15) is 21.5 Å². The van der Waals surface area contributed by atoms with Crippen LogP contribution in [-0.2, 0) is 4.87 Å². The molecule has 2 aliphatic heterocycles. The Morgan fingerprint density at radius 3 is 2.85 bits per heavy atom. The van der Waals surface area contributed by atoms with E-state index in [1.807, 2.05) is 41.3 Å². The van der Waals surface area contributed by atoms with Crippen LogP contribution in [0.4, 0.5) is 0 Å². The number of hydrogen-bond acceptors (Lipinski definition) is 3. The number of benzene rings is 2. The van der Waals surface area contributed by atoms with Gasteiger partial charge < -0.3 is 10.0 Å². The first-order chi connectivity index (χ1) is 9.73. The van der Waals surface area contributed by atoms with Crippen molar-refractivity contribution < 1.29 is 9.90 Å². The molecule has 100 valence electrons. The van der Waals surface area contributed by atoms with Crippen LogP contribution in [0.3, 0.4) is 0 Å². The largest absolute Gasteiger partial charge is 0.508 e. The standard InChI is InChI=1S/C16H13NO2S/c18-12-5-3-4-11(10-12)16-14-7-2-1-6-13(14)15(19)17(16)8-9-20-16/h1-7,10,18H,8-9H2/t16-/m0/s1. The summed E-state index contributed by atoms with van der Waals surface area (Å²) >= 11 is 1.76. The van der Waals surface area contributed by atoms with Gasteiger partial charge in [-0.3, -0.25) is 4.79 Å². The number of rotatable bonds is 1. The normalized spacial score (nSPS) is 23.8. The monoisotopic (exact) mass is 283 g/mol. The molecule has 1 N–H and O–H groups in total. The predicted octanol–water partition coefficient (Wildman–Crippen LogP) is 2.80. The van der Waals surface area contributed by atoms with E-state index in [1.165, 1.54) is 0 Å². The molecule has 2 aliphatic rings. The Labute approximate surface area is 121 Å². The molecule has 20 heavy (non-hydrogen) atoms. The molecule has 0 radical (unpaired) electrons. The summed E-state index contributed by atoms with van der Waals surface area (Å²) in [6, 6.07) is 15.0. The van der Waals surface area contributed by atoms with Crippen LogP contribution in [0.15, 0.2) is 48.5 Å². The van der Waals surface area contributed by atoms with E-state index in [-0.39, 0.29) is 11.7 Å². The highest BCUT2D eigenvalue weighted by atomic mass is 32.2. The van der Waals surface area contributed by atoms with Crippen molar-refractivity contribution in [3.63, 3.8) is 0 Å². The third kappa shape index (κ3) is 1.34. The Bertz CT molecular complexity index is 715. The molecular formula is C16H13NO2S. The summed E-state index contributed by atoms with van der Waals surface area (Å²) in [5.41, 5.74) is 2.79. The maximum absolute atomic E-state index is 12.6. The van der Waals surface area contributed by atoms with E-state index in [9.17, 15) is 9.90 Å². The van der Waals surface area contributed by atoms with E-state index in [2.05, 4.69) is 0 Å². The lowest BCUT2D eigenvalue weighted by Gasteiger charge is -2.32. The number of phenolic OH excluding ortho intramolecular Hbond substituents is 1. The van der Waals surface area contributed by atoms with Crippen molar-refractivity contribution in [2.24, 2.45) is 0 Å². The van der Waals surface area contributed by atoms with Gasteiger partial charge >= 0.3 is 0 Å². The average molecular weight is 283 g/mol. The molecule has 2 aromatic carbocycles. The number of carbonyl (C=O) groups excluding carboxylic acids is 1. The zero-order valence-electron chi connectivity index (χ0n) is 10.7. The van der Waals surface area contributed by atoms with Crippen molar-refractivity contribution >= 4 is 17.7 Å². The molecule has 2 heterocycles. The van der Waals surface area contributed by atoms with Gasteiger partial charge in [-0.05, 0) is 23.8 Å². The number of carbonyl (C=O) groups is 1. The second kappa shape index (κ2) is 4.03. The van der Waals surface area contributed by atoms with Crippen LogP contribution in [0, 0.1) is 0 Å². The molecule has 0 aromatic heterocycles. The highest BCUT2D eigenvalue weighted by Crippen LogP contribution is 2.55. The number of nitrogens with zero attached hydrogens (tertiary/aromatic N) is 1. The fourth-order valence-corrected chi connectivity index (χ4v) is 4.74. The van der Waals surface area contributed by atoms with Crippen LogP contribution in [0.25, 0.3) is 0 Å². The van der Waals surface area contributed by atoms with E-state index >= 15 is 0 Å². The molecule has 0 unspecified atom stereocenters. The van der Waals surface area contributed by atoms with Crippen molar-refractivity contribution in [3.8, 4) is 5.75 Å². The topological polar surface area (TPSA) is 40.5 Å². The quantitative estimate of drug-likeness (QED) is 0.875.